The normalized spacial score (nSPS) is 12.4. The molecule has 0 fully saturated rings. The molecule has 0 aromatic carbocycles. The molecule has 5 nitrogen and oxygen atoms in total. The van der Waals surface area contributed by atoms with Gasteiger partial charge < -0.3 is 14.9 Å². The summed E-state index contributed by atoms with van der Waals surface area (Å²) in [7, 11) is 1.57. The van der Waals surface area contributed by atoms with Gasteiger partial charge in [-0.3, -0.25) is 0 Å². The van der Waals surface area contributed by atoms with Gasteiger partial charge >= 0.3 is 0 Å². The quantitative estimate of drug-likeness (QED) is 0.868. The average molecular weight is 233 g/mol. The molecule has 0 aliphatic carbocycles. The van der Waals surface area contributed by atoms with Crippen LogP contribution in [0.1, 0.15) is 23.3 Å². The number of nitrogens with zero attached hydrogens (tertiary/aromatic N) is 2. The lowest BCUT2D eigenvalue weighted by Gasteiger charge is -2.08. The standard InChI is InChI=1S/C12H15N3O2/c1-8-3-4-11(17-8)10(13)5-9-6-12(16-2)15-7-14-9/h3-4,6-7,10H,5,13H2,1-2H3. The Kier molecular flexibility index (Phi) is 3.39. The second-order valence-electron chi connectivity index (χ2n) is 3.81. The van der Waals surface area contributed by atoms with Crippen LogP contribution in [0.15, 0.2) is 28.9 Å². The number of hydrogen-bond donors (Lipinski definition) is 1. The molecule has 90 valence electrons. The zero-order valence-corrected chi connectivity index (χ0v) is 9.88. The molecule has 2 heterocycles. The number of nitrogens with two attached hydrogens (primary N) is 1. The van der Waals surface area contributed by atoms with E-state index in [9.17, 15) is 0 Å². The van der Waals surface area contributed by atoms with Crippen LogP contribution in [0.2, 0.25) is 0 Å². The molecule has 2 aromatic heterocycles. The minimum atomic E-state index is -0.205. The summed E-state index contributed by atoms with van der Waals surface area (Å²) >= 11 is 0. The lowest BCUT2D eigenvalue weighted by molar-refractivity contribution is 0.394. The first kappa shape index (κ1) is 11.6. The van der Waals surface area contributed by atoms with Crippen LogP contribution >= 0.6 is 0 Å². The van der Waals surface area contributed by atoms with Gasteiger partial charge in [-0.2, -0.15) is 0 Å². The van der Waals surface area contributed by atoms with Crippen molar-refractivity contribution in [3.63, 3.8) is 0 Å². The third kappa shape index (κ3) is 2.82. The van der Waals surface area contributed by atoms with Crippen molar-refractivity contribution < 1.29 is 9.15 Å². The summed E-state index contributed by atoms with van der Waals surface area (Å²) in [4.78, 5) is 8.09. The second-order valence-corrected chi connectivity index (χ2v) is 3.81. The van der Waals surface area contributed by atoms with Crippen molar-refractivity contribution in [2.45, 2.75) is 19.4 Å². The molecule has 0 bridgehead atoms. The Morgan fingerprint density at radius 2 is 2.24 bits per heavy atom. The van der Waals surface area contributed by atoms with E-state index in [4.69, 9.17) is 14.9 Å². The maximum absolute atomic E-state index is 6.04. The highest BCUT2D eigenvalue weighted by Crippen LogP contribution is 2.18. The molecule has 0 saturated carbocycles. The van der Waals surface area contributed by atoms with Crippen LogP contribution in [-0.2, 0) is 6.42 Å². The molecule has 0 aliphatic heterocycles. The first-order valence-electron chi connectivity index (χ1n) is 5.36. The predicted molar refractivity (Wildman–Crippen MR) is 62.7 cm³/mol. The molecule has 2 N–H and O–H groups in total. The van der Waals surface area contributed by atoms with Crippen molar-refractivity contribution in [2.24, 2.45) is 5.73 Å². The average Bonchev–Trinajstić information content (AvgIpc) is 2.76. The molecule has 1 atom stereocenters. The van der Waals surface area contributed by atoms with E-state index in [1.54, 1.807) is 13.2 Å². The van der Waals surface area contributed by atoms with E-state index in [0.717, 1.165) is 17.2 Å². The summed E-state index contributed by atoms with van der Waals surface area (Å²) in [5.74, 6) is 2.16. The molecule has 0 aliphatic rings. The molecule has 0 saturated heterocycles. The monoisotopic (exact) mass is 233 g/mol. The van der Waals surface area contributed by atoms with Crippen molar-refractivity contribution in [1.82, 2.24) is 9.97 Å². The summed E-state index contributed by atoms with van der Waals surface area (Å²) in [6, 6.07) is 5.35. The summed E-state index contributed by atoms with van der Waals surface area (Å²) in [6.45, 7) is 1.89. The maximum atomic E-state index is 6.04. The molecular weight excluding hydrogens is 218 g/mol. The molecular formula is C12H15N3O2. The van der Waals surface area contributed by atoms with E-state index in [0.29, 0.717) is 12.3 Å². The summed E-state index contributed by atoms with van der Waals surface area (Å²) in [5.41, 5.74) is 6.87. The molecule has 1 unspecified atom stereocenters. The van der Waals surface area contributed by atoms with E-state index >= 15 is 0 Å². The Morgan fingerprint density at radius 1 is 1.41 bits per heavy atom. The molecule has 17 heavy (non-hydrogen) atoms. The van der Waals surface area contributed by atoms with E-state index < -0.39 is 0 Å². The Morgan fingerprint density at radius 3 is 2.88 bits per heavy atom. The minimum absolute atomic E-state index is 0.205. The van der Waals surface area contributed by atoms with Crippen LogP contribution in [0.5, 0.6) is 5.88 Å². The Hall–Kier alpha value is -1.88. The number of aromatic nitrogens is 2. The van der Waals surface area contributed by atoms with Crippen molar-refractivity contribution in [3.05, 3.63) is 41.7 Å². The van der Waals surface area contributed by atoms with Crippen molar-refractivity contribution in [1.29, 1.82) is 0 Å². The van der Waals surface area contributed by atoms with Gasteiger partial charge in [-0.25, -0.2) is 9.97 Å². The fourth-order valence-corrected chi connectivity index (χ4v) is 1.58. The topological polar surface area (TPSA) is 74.2 Å². The van der Waals surface area contributed by atoms with Gasteiger partial charge in [-0.1, -0.05) is 0 Å². The Balaban J connectivity index is 2.09. The third-order valence-electron chi connectivity index (χ3n) is 2.46. The number of furan rings is 1. The van der Waals surface area contributed by atoms with Gasteiger partial charge in [0.05, 0.1) is 13.2 Å². The highest BCUT2D eigenvalue weighted by atomic mass is 16.5. The number of aryl methyl sites for hydroxylation is 1. The van der Waals surface area contributed by atoms with Gasteiger partial charge in [0.1, 0.15) is 17.8 Å². The molecule has 5 heteroatoms. The molecule has 2 rings (SSSR count). The van der Waals surface area contributed by atoms with Crippen molar-refractivity contribution in [3.8, 4) is 5.88 Å². The highest BCUT2D eigenvalue weighted by molar-refractivity contribution is 5.17. The smallest absolute Gasteiger partial charge is 0.216 e. The lowest BCUT2D eigenvalue weighted by atomic mass is 10.1. The second kappa shape index (κ2) is 4.97. The summed E-state index contributed by atoms with van der Waals surface area (Å²) < 4.78 is 10.5. The molecule has 0 spiro atoms. The Labute approximate surface area is 99.6 Å². The maximum Gasteiger partial charge on any atom is 0.216 e. The molecule has 0 amide bonds. The third-order valence-corrected chi connectivity index (χ3v) is 2.46. The van der Waals surface area contributed by atoms with E-state index in [1.807, 2.05) is 19.1 Å². The van der Waals surface area contributed by atoms with Crippen LogP contribution in [0.25, 0.3) is 0 Å². The predicted octanol–water partition coefficient (Wildman–Crippen LogP) is 1.63. The van der Waals surface area contributed by atoms with Gasteiger partial charge in [0.2, 0.25) is 5.88 Å². The van der Waals surface area contributed by atoms with Crippen molar-refractivity contribution >= 4 is 0 Å². The number of rotatable bonds is 4. The van der Waals surface area contributed by atoms with Crippen LogP contribution in [0.3, 0.4) is 0 Å². The molecule has 0 radical (unpaired) electrons. The van der Waals surface area contributed by atoms with E-state index in [2.05, 4.69) is 9.97 Å². The van der Waals surface area contributed by atoms with Gasteiger partial charge in [0, 0.05) is 18.2 Å². The fourth-order valence-electron chi connectivity index (χ4n) is 1.58. The Bertz CT molecular complexity index is 496. The van der Waals surface area contributed by atoms with Gasteiger partial charge in [0.15, 0.2) is 0 Å². The van der Waals surface area contributed by atoms with Crippen LogP contribution in [0, 0.1) is 6.92 Å². The largest absolute Gasteiger partial charge is 0.481 e. The highest BCUT2D eigenvalue weighted by Gasteiger charge is 2.12. The minimum Gasteiger partial charge on any atom is -0.481 e. The fraction of sp³-hybridized carbons (Fsp3) is 0.333. The lowest BCUT2D eigenvalue weighted by Crippen LogP contribution is -2.13. The molecule has 2 aromatic rings. The van der Waals surface area contributed by atoms with E-state index in [-0.39, 0.29) is 6.04 Å². The summed E-state index contributed by atoms with van der Waals surface area (Å²) in [6.07, 6.45) is 2.06. The van der Waals surface area contributed by atoms with Crippen LogP contribution in [-0.4, -0.2) is 17.1 Å². The summed E-state index contributed by atoms with van der Waals surface area (Å²) in [5, 5.41) is 0. The van der Waals surface area contributed by atoms with Crippen LogP contribution < -0.4 is 10.5 Å². The number of ether oxygens (including phenoxy) is 1. The van der Waals surface area contributed by atoms with Crippen molar-refractivity contribution in [2.75, 3.05) is 7.11 Å². The number of methoxy groups -OCH3 is 1. The zero-order chi connectivity index (χ0) is 12.3. The first-order chi connectivity index (χ1) is 8.19. The first-order valence-corrected chi connectivity index (χ1v) is 5.36. The number of hydrogen-bond acceptors (Lipinski definition) is 5. The van der Waals surface area contributed by atoms with Gasteiger partial charge in [0.25, 0.3) is 0 Å². The van der Waals surface area contributed by atoms with Gasteiger partial charge in [-0.05, 0) is 19.1 Å². The van der Waals surface area contributed by atoms with E-state index in [1.165, 1.54) is 6.33 Å². The van der Waals surface area contributed by atoms with Gasteiger partial charge in [-0.15, -0.1) is 0 Å². The zero-order valence-electron chi connectivity index (χ0n) is 9.88. The van der Waals surface area contributed by atoms with Crippen LogP contribution in [0.4, 0.5) is 0 Å². The SMILES string of the molecule is COc1cc(CC(N)c2ccc(C)o2)ncn1.